The van der Waals surface area contributed by atoms with Crippen LogP contribution in [0.25, 0.3) is 0 Å². The van der Waals surface area contributed by atoms with E-state index in [4.69, 9.17) is 5.73 Å². The molecule has 0 radical (unpaired) electrons. The molecular formula is C18H22FN. The van der Waals surface area contributed by atoms with Crippen molar-refractivity contribution >= 4 is 0 Å². The fourth-order valence-electron chi connectivity index (χ4n) is 2.76. The highest BCUT2D eigenvalue weighted by Gasteiger charge is 2.27. The Morgan fingerprint density at radius 3 is 2.20 bits per heavy atom. The molecule has 0 aliphatic heterocycles. The molecule has 0 aliphatic rings. The quantitative estimate of drug-likeness (QED) is 0.841. The predicted octanol–water partition coefficient (Wildman–Crippen LogP) is 4.66. The summed E-state index contributed by atoms with van der Waals surface area (Å²) in [6.07, 6.45) is 1.02. The van der Waals surface area contributed by atoms with Crippen LogP contribution in [0.3, 0.4) is 0 Å². The molecule has 0 aliphatic carbocycles. The van der Waals surface area contributed by atoms with Gasteiger partial charge in [0, 0.05) is 17.5 Å². The fraction of sp³-hybridized carbons (Fsp3) is 0.333. The first-order chi connectivity index (χ1) is 9.65. The Labute approximate surface area is 120 Å². The number of nitrogens with two attached hydrogens (primary N) is 1. The van der Waals surface area contributed by atoms with E-state index >= 15 is 0 Å². The second-order valence-corrected chi connectivity index (χ2v) is 5.37. The summed E-state index contributed by atoms with van der Waals surface area (Å²) in [6, 6.07) is 16.7. The third kappa shape index (κ3) is 3.07. The van der Waals surface area contributed by atoms with Gasteiger partial charge in [-0.15, -0.1) is 0 Å². The Morgan fingerprint density at radius 2 is 1.60 bits per heavy atom. The van der Waals surface area contributed by atoms with E-state index in [1.54, 1.807) is 12.1 Å². The summed E-state index contributed by atoms with van der Waals surface area (Å²) in [6.45, 7) is 4.33. The van der Waals surface area contributed by atoms with Gasteiger partial charge in [0.15, 0.2) is 0 Å². The fourth-order valence-corrected chi connectivity index (χ4v) is 2.76. The van der Waals surface area contributed by atoms with Crippen LogP contribution in [-0.2, 0) is 0 Å². The van der Waals surface area contributed by atoms with E-state index in [2.05, 4.69) is 26.0 Å². The van der Waals surface area contributed by atoms with E-state index in [0.717, 1.165) is 6.42 Å². The Kier molecular flexibility index (Phi) is 4.91. The molecule has 0 saturated heterocycles. The molecule has 0 fully saturated rings. The molecular weight excluding hydrogens is 249 g/mol. The minimum absolute atomic E-state index is 0.123. The highest BCUT2D eigenvalue weighted by molar-refractivity contribution is 5.29. The van der Waals surface area contributed by atoms with Crippen molar-refractivity contribution in [2.24, 2.45) is 11.7 Å². The van der Waals surface area contributed by atoms with Gasteiger partial charge in [0.2, 0.25) is 0 Å². The van der Waals surface area contributed by atoms with Crippen molar-refractivity contribution in [3.8, 4) is 0 Å². The highest BCUT2D eigenvalue weighted by atomic mass is 19.1. The average Bonchev–Trinajstić information content (AvgIpc) is 2.48. The SMILES string of the molecule is CCC(C)C(c1ccccc1)C(N)c1ccccc1F. The summed E-state index contributed by atoms with van der Waals surface area (Å²) in [5, 5.41) is 0. The van der Waals surface area contributed by atoms with E-state index in [0.29, 0.717) is 11.5 Å². The molecule has 106 valence electrons. The molecule has 0 aromatic heterocycles. The molecule has 0 spiro atoms. The van der Waals surface area contributed by atoms with E-state index in [1.165, 1.54) is 11.6 Å². The molecule has 2 rings (SSSR count). The molecule has 0 heterocycles. The van der Waals surface area contributed by atoms with Gasteiger partial charge in [0.05, 0.1) is 0 Å². The highest BCUT2D eigenvalue weighted by Crippen LogP contribution is 2.37. The zero-order chi connectivity index (χ0) is 14.5. The van der Waals surface area contributed by atoms with Crippen LogP contribution in [0.15, 0.2) is 54.6 Å². The maximum atomic E-state index is 14.0. The van der Waals surface area contributed by atoms with Crippen LogP contribution in [0.4, 0.5) is 4.39 Å². The summed E-state index contributed by atoms with van der Waals surface area (Å²) in [5.41, 5.74) is 8.19. The maximum absolute atomic E-state index is 14.0. The third-order valence-electron chi connectivity index (χ3n) is 4.09. The van der Waals surface area contributed by atoms with Crippen LogP contribution in [0.1, 0.15) is 43.4 Å². The van der Waals surface area contributed by atoms with Gasteiger partial charge < -0.3 is 5.73 Å². The first-order valence-corrected chi connectivity index (χ1v) is 7.20. The van der Waals surface area contributed by atoms with Gasteiger partial charge in [-0.1, -0.05) is 68.8 Å². The molecule has 2 N–H and O–H groups in total. The predicted molar refractivity (Wildman–Crippen MR) is 82.0 cm³/mol. The lowest BCUT2D eigenvalue weighted by Crippen LogP contribution is -2.25. The molecule has 0 saturated carbocycles. The van der Waals surface area contributed by atoms with Gasteiger partial charge in [0.1, 0.15) is 5.82 Å². The summed E-state index contributed by atoms with van der Waals surface area (Å²) in [7, 11) is 0. The minimum atomic E-state index is -0.325. The second-order valence-electron chi connectivity index (χ2n) is 5.37. The molecule has 20 heavy (non-hydrogen) atoms. The normalized spacial score (nSPS) is 15.6. The van der Waals surface area contributed by atoms with Crippen LogP contribution in [0.5, 0.6) is 0 Å². The Balaban J connectivity index is 2.40. The Hall–Kier alpha value is -1.67. The van der Waals surface area contributed by atoms with E-state index in [1.807, 2.05) is 24.3 Å². The summed E-state index contributed by atoms with van der Waals surface area (Å²) >= 11 is 0. The van der Waals surface area contributed by atoms with Crippen LogP contribution in [0, 0.1) is 11.7 Å². The summed E-state index contributed by atoms with van der Waals surface area (Å²) < 4.78 is 14.0. The Bertz CT molecular complexity index is 538. The lowest BCUT2D eigenvalue weighted by molar-refractivity contribution is 0.380. The van der Waals surface area contributed by atoms with Crippen LogP contribution >= 0.6 is 0 Å². The summed E-state index contributed by atoms with van der Waals surface area (Å²) in [4.78, 5) is 0. The van der Waals surface area contributed by atoms with Crippen molar-refractivity contribution in [3.05, 3.63) is 71.5 Å². The van der Waals surface area contributed by atoms with Crippen molar-refractivity contribution in [3.63, 3.8) is 0 Å². The topological polar surface area (TPSA) is 26.0 Å². The van der Waals surface area contributed by atoms with Gasteiger partial charge in [-0.05, 0) is 17.5 Å². The first kappa shape index (κ1) is 14.7. The van der Waals surface area contributed by atoms with E-state index < -0.39 is 0 Å². The lowest BCUT2D eigenvalue weighted by Gasteiger charge is -2.30. The first-order valence-electron chi connectivity index (χ1n) is 7.20. The number of rotatable bonds is 5. The molecule has 3 unspecified atom stereocenters. The number of benzene rings is 2. The van der Waals surface area contributed by atoms with Gasteiger partial charge in [-0.3, -0.25) is 0 Å². The average molecular weight is 271 g/mol. The summed E-state index contributed by atoms with van der Waals surface area (Å²) in [5.74, 6) is 0.300. The van der Waals surface area contributed by atoms with Crippen LogP contribution < -0.4 is 5.73 Å². The van der Waals surface area contributed by atoms with Crippen molar-refractivity contribution in [2.75, 3.05) is 0 Å². The van der Waals surface area contributed by atoms with Crippen molar-refractivity contribution in [2.45, 2.75) is 32.2 Å². The smallest absolute Gasteiger partial charge is 0.127 e. The number of hydrogen-bond acceptors (Lipinski definition) is 1. The molecule has 2 aromatic rings. The maximum Gasteiger partial charge on any atom is 0.127 e. The number of halogens is 1. The monoisotopic (exact) mass is 271 g/mol. The van der Waals surface area contributed by atoms with E-state index in [-0.39, 0.29) is 17.8 Å². The third-order valence-corrected chi connectivity index (χ3v) is 4.09. The van der Waals surface area contributed by atoms with Gasteiger partial charge in [0.25, 0.3) is 0 Å². The van der Waals surface area contributed by atoms with Crippen molar-refractivity contribution < 1.29 is 4.39 Å². The van der Waals surface area contributed by atoms with Crippen LogP contribution in [-0.4, -0.2) is 0 Å². The zero-order valence-electron chi connectivity index (χ0n) is 12.1. The molecule has 2 heteroatoms. The molecule has 0 amide bonds. The molecule has 3 atom stereocenters. The van der Waals surface area contributed by atoms with Gasteiger partial charge >= 0.3 is 0 Å². The van der Waals surface area contributed by atoms with Gasteiger partial charge in [-0.25, -0.2) is 4.39 Å². The minimum Gasteiger partial charge on any atom is -0.323 e. The van der Waals surface area contributed by atoms with Crippen molar-refractivity contribution in [1.82, 2.24) is 0 Å². The standard InChI is InChI=1S/C18H22FN/c1-3-13(2)17(14-9-5-4-6-10-14)18(20)15-11-7-8-12-16(15)19/h4-13,17-18H,3,20H2,1-2H3. The van der Waals surface area contributed by atoms with E-state index in [9.17, 15) is 4.39 Å². The zero-order valence-corrected chi connectivity index (χ0v) is 12.1. The molecule has 1 nitrogen and oxygen atoms in total. The largest absolute Gasteiger partial charge is 0.323 e. The van der Waals surface area contributed by atoms with Gasteiger partial charge in [-0.2, -0.15) is 0 Å². The molecule has 0 bridgehead atoms. The second kappa shape index (κ2) is 6.67. The lowest BCUT2D eigenvalue weighted by atomic mass is 9.78. The Morgan fingerprint density at radius 1 is 1.00 bits per heavy atom. The van der Waals surface area contributed by atoms with Crippen LogP contribution in [0.2, 0.25) is 0 Å². The van der Waals surface area contributed by atoms with Crippen molar-refractivity contribution in [1.29, 1.82) is 0 Å². The molecule has 2 aromatic carbocycles. The number of hydrogen-bond donors (Lipinski definition) is 1.